The van der Waals surface area contributed by atoms with E-state index in [-0.39, 0.29) is 11.9 Å². The molecule has 27 heavy (non-hydrogen) atoms. The van der Waals surface area contributed by atoms with Crippen molar-refractivity contribution in [2.75, 3.05) is 46.3 Å². The van der Waals surface area contributed by atoms with Crippen molar-refractivity contribution in [1.82, 2.24) is 24.7 Å². The van der Waals surface area contributed by atoms with E-state index in [4.69, 9.17) is 4.98 Å². The first-order valence-electron chi connectivity index (χ1n) is 10.3. The van der Waals surface area contributed by atoms with Gasteiger partial charge in [-0.15, -0.1) is 0 Å². The van der Waals surface area contributed by atoms with Gasteiger partial charge in [0.05, 0.1) is 17.1 Å². The van der Waals surface area contributed by atoms with Gasteiger partial charge in [-0.25, -0.2) is 4.98 Å². The molecule has 6 nitrogen and oxygen atoms in total. The minimum absolute atomic E-state index is 0.0977. The van der Waals surface area contributed by atoms with E-state index in [0.29, 0.717) is 6.42 Å². The van der Waals surface area contributed by atoms with Crippen LogP contribution in [0.3, 0.4) is 0 Å². The fraction of sp³-hybridized carbons (Fsp3) is 0.619. The first-order valence-corrected chi connectivity index (χ1v) is 10.3. The van der Waals surface area contributed by atoms with Crippen LogP contribution in [0.2, 0.25) is 0 Å². The summed E-state index contributed by atoms with van der Waals surface area (Å²) in [5.41, 5.74) is 3.28. The quantitative estimate of drug-likeness (QED) is 0.900. The molecule has 2 aromatic rings. The van der Waals surface area contributed by atoms with Gasteiger partial charge in [-0.1, -0.05) is 6.07 Å². The number of aromatic amines is 1. The summed E-state index contributed by atoms with van der Waals surface area (Å²) in [6.45, 7) is 8.23. The van der Waals surface area contributed by atoms with Crippen molar-refractivity contribution in [3.8, 4) is 0 Å². The molecule has 0 bridgehead atoms. The van der Waals surface area contributed by atoms with Gasteiger partial charge in [0.15, 0.2) is 0 Å². The predicted octanol–water partition coefficient (Wildman–Crippen LogP) is 2.56. The molecule has 2 saturated heterocycles. The number of nitrogens with one attached hydrogen (secondary N) is 1. The molecule has 1 amide bonds. The number of carbonyl (C=O) groups excluding carboxylic acids is 1. The second-order valence-electron chi connectivity index (χ2n) is 8.14. The van der Waals surface area contributed by atoms with Crippen LogP contribution in [-0.2, 0) is 4.79 Å². The summed E-state index contributed by atoms with van der Waals surface area (Å²) in [6.07, 6.45) is 3.86. The average Bonchev–Trinajstić information content (AvgIpc) is 3.24. The van der Waals surface area contributed by atoms with Crippen molar-refractivity contribution in [1.29, 1.82) is 0 Å². The van der Waals surface area contributed by atoms with Crippen molar-refractivity contribution >= 4 is 16.9 Å². The Kier molecular flexibility index (Phi) is 5.45. The van der Waals surface area contributed by atoms with Gasteiger partial charge in [-0.3, -0.25) is 4.79 Å². The molecule has 1 N–H and O–H groups in total. The number of rotatable bonds is 4. The van der Waals surface area contributed by atoms with Crippen LogP contribution in [0.5, 0.6) is 0 Å². The zero-order valence-electron chi connectivity index (χ0n) is 16.6. The highest BCUT2D eigenvalue weighted by atomic mass is 16.2. The van der Waals surface area contributed by atoms with Crippen LogP contribution in [0.25, 0.3) is 11.0 Å². The van der Waals surface area contributed by atoms with Gasteiger partial charge < -0.3 is 19.7 Å². The number of likely N-dealkylation sites (tertiary alicyclic amines) is 1. The third-order valence-electron chi connectivity index (χ3n) is 6.00. The van der Waals surface area contributed by atoms with Crippen LogP contribution in [0, 0.1) is 6.92 Å². The number of amides is 1. The highest BCUT2D eigenvalue weighted by Gasteiger charge is 2.32. The number of carbonyl (C=O) groups is 1. The van der Waals surface area contributed by atoms with Crippen LogP contribution in [0.4, 0.5) is 0 Å². The van der Waals surface area contributed by atoms with Crippen molar-refractivity contribution in [2.45, 2.75) is 38.6 Å². The lowest BCUT2D eigenvalue weighted by Gasteiger charge is -2.25. The first kappa shape index (κ1) is 18.4. The fourth-order valence-corrected chi connectivity index (χ4v) is 4.37. The summed E-state index contributed by atoms with van der Waals surface area (Å²) in [6, 6.07) is 6.37. The topological polar surface area (TPSA) is 55.5 Å². The number of aromatic nitrogens is 2. The van der Waals surface area contributed by atoms with Gasteiger partial charge in [0.1, 0.15) is 5.82 Å². The van der Waals surface area contributed by atoms with E-state index in [1.54, 1.807) is 0 Å². The number of hydrogen-bond acceptors (Lipinski definition) is 4. The lowest BCUT2D eigenvalue weighted by atomic mass is 10.2. The lowest BCUT2D eigenvalue weighted by molar-refractivity contribution is -0.132. The van der Waals surface area contributed by atoms with Crippen LogP contribution < -0.4 is 0 Å². The molecular weight excluding hydrogens is 338 g/mol. The van der Waals surface area contributed by atoms with E-state index in [1.165, 1.54) is 12.0 Å². The van der Waals surface area contributed by atoms with Crippen molar-refractivity contribution < 1.29 is 4.79 Å². The molecule has 6 heteroatoms. The summed E-state index contributed by atoms with van der Waals surface area (Å²) in [7, 11) is 2.18. The third kappa shape index (κ3) is 4.17. The maximum Gasteiger partial charge on any atom is 0.224 e. The molecule has 2 fully saturated rings. The molecule has 2 aliphatic rings. The number of hydrogen-bond donors (Lipinski definition) is 1. The van der Waals surface area contributed by atoms with Crippen molar-refractivity contribution in [3.05, 3.63) is 29.6 Å². The molecule has 1 atom stereocenters. The van der Waals surface area contributed by atoms with E-state index in [9.17, 15) is 4.79 Å². The largest absolute Gasteiger partial charge is 0.340 e. The second kappa shape index (κ2) is 7.98. The summed E-state index contributed by atoms with van der Waals surface area (Å²) in [5.74, 6) is 1.21. The predicted molar refractivity (Wildman–Crippen MR) is 108 cm³/mol. The van der Waals surface area contributed by atoms with E-state index < -0.39 is 0 Å². The molecule has 0 saturated carbocycles. The van der Waals surface area contributed by atoms with Crippen molar-refractivity contribution in [2.24, 2.45) is 0 Å². The maximum atomic E-state index is 12.9. The maximum absolute atomic E-state index is 12.9. The molecule has 4 rings (SSSR count). The second-order valence-corrected chi connectivity index (χ2v) is 8.14. The Labute approximate surface area is 161 Å². The summed E-state index contributed by atoms with van der Waals surface area (Å²) in [4.78, 5) is 28.0. The third-order valence-corrected chi connectivity index (χ3v) is 6.00. The lowest BCUT2D eigenvalue weighted by Crippen LogP contribution is -2.36. The minimum atomic E-state index is 0.0977. The molecule has 0 aliphatic carbocycles. The molecule has 1 unspecified atom stereocenters. The molecule has 146 valence electrons. The molecule has 1 aromatic carbocycles. The molecule has 3 heterocycles. The highest BCUT2D eigenvalue weighted by Crippen LogP contribution is 2.32. The minimum Gasteiger partial charge on any atom is -0.340 e. The summed E-state index contributed by atoms with van der Waals surface area (Å²) < 4.78 is 0. The number of aryl methyl sites for hydroxylation is 1. The van der Waals surface area contributed by atoms with E-state index >= 15 is 0 Å². The number of H-pyrrole nitrogens is 1. The Morgan fingerprint density at radius 2 is 2.07 bits per heavy atom. The van der Waals surface area contributed by atoms with Crippen LogP contribution in [0.15, 0.2) is 18.2 Å². The number of likely N-dealkylation sites (N-methyl/N-ethyl adjacent to an activating group) is 1. The number of nitrogens with zero attached hydrogens (tertiary/aromatic N) is 4. The van der Waals surface area contributed by atoms with E-state index in [0.717, 1.165) is 69.0 Å². The van der Waals surface area contributed by atoms with Gasteiger partial charge in [0, 0.05) is 32.6 Å². The van der Waals surface area contributed by atoms with Crippen LogP contribution >= 0.6 is 0 Å². The first-order chi connectivity index (χ1) is 13.1. The van der Waals surface area contributed by atoms with E-state index in [2.05, 4.69) is 51.9 Å². The zero-order valence-corrected chi connectivity index (χ0v) is 16.6. The monoisotopic (exact) mass is 369 g/mol. The van der Waals surface area contributed by atoms with E-state index in [1.807, 2.05) is 0 Å². The number of fused-ring (bicyclic) bond motifs is 1. The Morgan fingerprint density at radius 1 is 1.19 bits per heavy atom. The van der Waals surface area contributed by atoms with Gasteiger partial charge in [0.2, 0.25) is 5.91 Å². The number of imidazole rings is 1. The smallest absolute Gasteiger partial charge is 0.224 e. The van der Waals surface area contributed by atoms with Gasteiger partial charge in [0.25, 0.3) is 0 Å². The van der Waals surface area contributed by atoms with Gasteiger partial charge in [-0.2, -0.15) is 0 Å². The molecule has 0 spiro atoms. The molecular formula is C21H31N5O. The standard InChI is InChI=1S/C21H31N5O/c1-16-6-7-17-18(15-16)23-21(22-17)19-5-3-11-26(19)20(27)8-12-25-10-4-9-24(2)13-14-25/h6-7,15,19H,3-5,8-14H2,1-2H3,(H,22,23). The Morgan fingerprint density at radius 3 is 2.96 bits per heavy atom. The highest BCUT2D eigenvalue weighted by molar-refractivity contribution is 5.78. The SMILES string of the molecule is Cc1ccc2nc(C3CCCN3C(=O)CCN3CCCN(C)CC3)[nH]c2c1. The fourth-order valence-electron chi connectivity index (χ4n) is 4.37. The average molecular weight is 370 g/mol. The summed E-state index contributed by atoms with van der Waals surface area (Å²) in [5, 5.41) is 0. The molecule has 0 radical (unpaired) electrons. The zero-order chi connectivity index (χ0) is 18.8. The Bertz CT molecular complexity index is 801. The van der Waals surface area contributed by atoms with Crippen LogP contribution in [-0.4, -0.2) is 76.9 Å². The summed E-state index contributed by atoms with van der Waals surface area (Å²) >= 11 is 0. The Hall–Kier alpha value is -1.92. The Balaban J connectivity index is 1.40. The molecule has 1 aromatic heterocycles. The van der Waals surface area contributed by atoms with Gasteiger partial charge >= 0.3 is 0 Å². The molecule has 2 aliphatic heterocycles. The normalized spacial score (nSPS) is 22.4. The van der Waals surface area contributed by atoms with Gasteiger partial charge in [-0.05, 0) is 64.0 Å². The number of benzene rings is 1. The van der Waals surface area contributed by atoms with Crippen molar-refractivity contribution in [3.63, 3.8) is 0 Å². The van der Waals surface area contributed by atoms with Crippen LogP contribution in [0.1, 0.15) is 43.1 Å².